The van der Waals surface area contributed by atoms with Gasteiger partial charge in [0.1, 0.15) is 11.4 Å². The first-order valence-corrected chi connectivity index (χ1v) is 12.2. The molecule has 0 aliphatic carbocycles. The van der Waals surface area contributed by atoms with Crippen molar-refractivity contribution < 1.29 is 27.9 Å². The van der Waals surface area contributed by atoms with E-state index >= 15 is 0 Å². The summed E-state index contributed by atoms with van der Waals surface area (Å²) in [6.45, 7) is 0. The van der Waals surface area contributed by atoms with E-state index in [1.807, 2.05) is 0 Å². The van der Waals surface area contributed by atoms with E-state index < -0.39 is 29.4 Å². The van der Waals surface area contributed by atoms with E-state index in [1.54, 1.807) is 36.4 Å². The fourth-order valence-corrected chi connectivity index (χ4v) is 4.45. The Labute approximate surface area is 234 Å². The topological polar surface area (TPSA) is 109 Å². The Bertz CT molecular complexity index is 1790. The SMILES string of the molecule is O=C(Nc1ccccc1O)c1cc2ccccc2c(Cl)c1NC(=O)c1cc(C(F)(F)F)nn1-c1ncccc1Cl. The number of rotatable bonds is 5. The van der Waals surface area contributed by atoms with E-state index in [-0.39, 0.29) is 38.6 Å². The number of carbonyl (C=O) groups excluding carboxylic acids is 2. The first-order valence-electron chi connectivity index (χ1n) is 11.4. The van der Waals surface area contributed by atoms with Crippen molar-refractivity contribution in [1.82, 2.24) is 14.8 Å². The number of hydrogen-bond acceptors (Lipinski definition) is 5. The van der Waals surface area contributed by atoms with Crippen LogP contribution >= 0.6 is 23.2 Å². The van der Waals surface area contributed by atoms with Crippen molar-refractivity contribution in [2.45, 2.75) is 6.18 Å². The number of para-hydroxylation sites is 2. The maximum absolute atomic E-state index is 13.6. The molecule has 0 bridgehead atoms. The number of hydrogen-bond donors (Lipinski definition) is 3. The van der Waals surface area contributed by atoms with Crippen molar-refractivity contribution in [3.8, 4) is 11.6 Å². The monoisotopic (exact) mass is 585 g/mol. The highest BCUT2D eigenvalue weighted by atomic mass is 35.5. The van der Waals surface area contributed by atoms with Gasteiger partial charge in [-0.05, 0) is 35.7 Å². The Morgan fingerprint density at radius 2 is 1.62 bits per heavy atom. The van der Waals surface area contributed by atoms with Gasteiger partial charge in [-0.15, -0.1) is 0 Å². The van der Waals surface area contributed by atoms with Crippen molar-refractivity contribution >= 4 is 57.2 Å². The number of benzene rings is 3. The largest absolute Gasteiger partial charge is 0.506 e. The van der Waals surface area contributed by atoms with E-state index in [0.717, 1.165) is 0 Å². The third-order valence-electron chi connectivity index (χ3n) is 5.79. The molecule has 2 amide bonds. The van der Waals surface area contributed by atoms with Gasteiger partial charge < -0.3 is 15.7 Å². The van der Waals surface area contributed by atoms with E-state index in [9.17, 15) is 27.9 Å². The Balaban J connectivity index is 1.62. The number of amides is 2. The van der Waals surface area contributed by atoms with Gasteiger partial charge in [0.25, 0.3) is 11.8 Å². The number of aromatic nitrogens is 3. The van der Waals surface area contributed by atoms with Crippen LogP contribution in [0.4, 0.5) is 24.5 Å². The smallest absolute Gasteiger partial charge is 0.435 e. The highest BCUT2D eigenvalue weighted by molar-refractivity contribution is 6.40. The highest BCUT2D eigenvalue weighted by Crippen LogP contribution is 2.37. The number of phenols is 1. The summed E-state index contributed by atoms with van der Waals surface area (Å²) in [5, 5.41) is 19.6. The lowest BCUT2D eigenvalue weighted by molar-refractivity contribution is -0.141. The minimum absolute atomic E-state index is 0.0353. The summed E-state index contributed by atoms with van der Waals surface area (Å²) in [6.07, 6.45) is -3.61. The molecule has 0 aliphatic heterocycles. The summed E-state index contributed by atoms with van der Waals surface area (Å²) >= 11 is 12.8. The average Bonchev–Trinajstić information content (AvgIpc) is 3.38. The van der Waals surface area contributed by atoms with Crippen molar-refractivity contribution in [3.63, 3.8) is 0 Å². The van der Waals surface area contributed by atoms with Gasteiger partial charge in [-0.25, -0.2) is 9.67 Å². The summed E-state index contributed by atoms with van der Waals surface area (Å²) in [5.41, 5.74) is -2.12. The molecule has 0 atom stereocenters. The minimum Gasteiger partial charge on any atom is -0.506 e. The lowest BCUT2D eigenvalue weighted by Crippen LogP contribution is -2.21. The number of aromatic hydroxyl groups is 1. The number of alkyl halides is 3. The quantitative estimate of drug-likeness (QED) is 0.193. The van der Waals surface area contributed by atoms with Crippen molar-refractivity contribution in [2.24, 2.45) is 0 Å². The summed E-state index contributed by atoms with van der Waals surface area (Å²) in [5.74, 6) is -2.24. The van der Waals surface area contributed by atoms with Gasteiger partial charge >= 0.3 is 6.18 Å². The zero-order chi connectivity index (χ0) is 28.6. The maximum Gasteiger partial charge on any atom is 0.435 e. The predicted octanol–water partition coefficient (Wildman–Crippen LogP) is 6.96. The van der Waals surface area contributed by atoms with E-state index in [2.05, 4.69) is 20.7 Å². The third-order valence-corrected chi connectivity index (χ3v) is 6.48. The van der Waals surface area contributed by atoms with Gasteiger partial charge in [0.2, 0.25) is 0 Å². The lowest BCUT2D eigenvalue weighted by Gasteiger charge is -2.16. The zero-order valence-corrected chi connectivity index (χ0v) is 21.5. The molecule has 0 fully saturated rings. The van der Waals surface area contributed by atoms with Crippen LogP contribution in [0.3, 0.4) is 0 Å². The van der Waals surface area contributed by atoms with Gasteiger partial charge in [-0.3, -0.25) is 9.59 Å². The number of carbonyl (C=O) groups is 2. The molecule has 202 valence electrons. The summed E-state index contributed by atoms with van der Waals surface area (Å²) in [7, 11) is 0. The number of halogens is 5. The predicted molar refractivity (Wildman–Crippen MR) is 144 cm³/mol. The minimum atomic E-state index is -4.88. The van der Waals surface area contributed by atoms with Crippen LogP contribution in [0.2, 0.25) is 10.0 Å². The van der Waals surface area contributed by atoms with E-state index in [4.69, 9.17) is 23.2 Å². The molecular formula is C27H16Cl2F3N5O3. The number of nitrogens with zero attached hydrogens (tertiary/aromatic N) is 3. The number of phenolic OH excluding ortho intramolecular Hbond substituents is 1. The standard InChI is InChI=1S/C27H16Cl2F3N5O3/c28-17-8-5-11-33-24(17)37-19(13-21(36-37)27(30,31)32)26(40)35-23-16(12-14-6-1-2-7-15(14)22(23)29)25(39)34-18-9-3-4-10-20(18)38/h1-13,38H,(H,34,39)(H,35,40). The third kappa shape index (κ3) is 5.16. The molecule has 5 rings (SSSR count). The highest BCUT2D eigenvalue weighted by Gasteiger charge is 2.37. The number of pyridine rings is 1. The van der Waals surface area contributed by atoms with Crippen LogP contribution in [0.15, 0.2) is 79.0 Å². The van der Waals surface area contributed by atoms with Gasteiger partial charge in [0.05, 0.1) is 27.0 Å². The fourth-order valence-electron chi connectivity index (χ4n) is 3.93. The van der Waals surface area contributed by atoms with Gasteiger partial charge in [0.15, 0.2) is 11.5 Å². The first kappa shape index (κ1) is 27.0. The molecule has 13 heteroatoms. The fraction of sp³-hybridized carbons (Fsp3) is 0.0370. The van der Waals surface area contributed by atoms with Crippen LogP contribution in [0.25, 0.3) is 16.6 Å². The van der Waals surface area contributed by atoms with Crippen molar-refractivity contribution in [2.75, 3.05) is 10.6 Å². The summed E-state index contributed by atoms with van der Waals surface area (Å²) in [6, 6.07) is 17.6. The number of fused-ring (bicyclic) bond motifs is 1. The average molecular weight is 586 g/mol. The normalized spacial score (nSPS) is 11.4. The molecule has 0 unspecified atom stereocenters. The molecule has 0 saturated carbocycles. The van der Waals surface area contributed by atoms with Gasteiger partial charge in [-0.2, -0.15) is 18.3 Å². The molecule has 0 radical (unpaired) electrons. The molecule has 3 aromatic carbocycles. The van der Waals surface area contributed by atoms with Crippen molar-refractivity contribution in [1.29, 1.82) is 0 Å². The first-order chi connectivity index (χ1) is 19.0. The van der Waals surface area contributed by atoms with Crippen LogP contribution in [-0.4, -0.2) is 31.7 Å². The second kappa shape index (κ2) is 10.5. The lowest BCUT2D eigenvalue weighted by atomic mass is 10.0. The molecule has 0 aliphatic rings. The molecular weight excluding hydrogens is 570 g/mol. The maximum atomic E-state index is 13.6. The molecule has 8 nitrogen and oxygen atoms in total. The molecule has 3 N–H and O–H groups in total. The second-order valence-electron chi connectivity index (χ2n) is 8.39. The molecule has 2 aromatic heterocycles. The van der Waals surface area contributed by atoms with Gasteiger partial charge in [-0.1, -0.05) is 59.6 Å². The van der Waals surface area contributed by atoms with E-state index in [0.29, 0.717) is 21.5 Å². The second-order valence-corrected chi connectivity index (χ2v) is 9.18. The van der Waals surface area contributed by atoms with Crippen LogP contribution in [-0.2, 0) is 6.18 Å². The van der Waals surface area contributed by atoms with Crippen LogP contribution in [0.5, 0.6) is 5.75 Å². The molecule has 2 heterocycles. The zero-order valence-electron chi connectivity index (χ0n) is 20.0. The molecule has 40 heavy (non-hydrogen) atoms. The molecule has 0 saturated heterocycles. The number of anilines is 2. The summed E-state index contributed by atoms with van der Waals surface area (Å²) in [4.78, 5) is 30.8. The van der Waals surface area contributed by atoms with E-state index in [1.165, 1.54) is 36.5 Å². The van der Waals surface area contributed by atoms with Crippen LogP contribution < -0.4 is 10.6 Å². The Morgan fingerprint density at radius 3 is 2.35 bits per heavy atom. The van der Waals surface area contributed by atoms with Crippen LogP contribution in [0.1, 0.15) is 26.5 Å². The Hall–Kier alpha value is -4.61. The van der Waals surface area contributed by atoms with Crippen molar-refractivity contribution in [3.05, 3.63) is 106 Å². The van der Waals surface area contributed by atoms with Gasteiger partial charge in [0, 0.05) is 17.6 Å². The molecule has 5 aromatic rings. The Kier molecular flexibility index (Phi) is 7.09. The van der Waals surface area contributed by atoms with Crippen LogP contribution in [0, 0.1) is 0 Å². The Morgan fingerprint density at radius 1 is 0.900 bits per heavy atom. The number of nitrogens with one attached hydrogen (secondary N) is 2. The summed E-state index contributed by atoms with van der Waals surface area (Å²) < 4.78 is 41.4. The molecule has 0 spiro atoms.